The zero-order valence-electron chi connectivity index (χ0n) is 9.03. The quantitative estimate of drug-likeness (QED) is 0.839. The van der Waals surface area contributed by atoms with Crippen LogP contribution < -0.4 is 10.1 Å². The Morgan fingerprint density at radius 1 is 1.33 bits per heavy atom. The van der Waals surface area contributed by atoms with E-state index in [4.69, 9.17) is 4.74 Å². The van der Waals surface area contributed by atoms with E-state index in [0.29, 0.717) is 5.92 Å². The predicted octanol–water partition coefficient (Wildman–Crippen LogP) is 2.58. The summed E-state index contributed by atoms with van der Waals surface area (Å²) >= 11 is 0. The monoisotopic (exact) mass is 227 g/mol. The van der Waals surface area contributed by atoms with Gasteiger partial charge in [-0.25, -0.2) is 0 Å². The van der Waals surface area contributed by atoms with Crippen LogP contribution >= 0.6 is 12.4 Å². The first-order valence-corrected chi connectivity index (χ1v) is 5.25. The zero-order valence-corrected chi connectivity index (χ0v) is 9.85. The zero-order chi connectivity index (χ0) is 9.80. The fourth-order valence-electron chi connectivity index (χ4n) is 2.12. The van der Waals surface area contributed by atoms with Crippen LogP contribution in [0.5, 0.6) is 5.75 Å². The molecule has 3 heteroatoms. The second kappa shape index (κ2) is 5.99. The number of benzene rings is 1. The fourth-order valence-corrected chi connectivity index (χ4v) is 2.12. The van der Waals surface area contributed by atoms with Crippen LogP contribution in [-0.2, 0) is 0 Å². The van der Waals surface area contributed by atoms with E-state index in [1.807, 2.05) is 12.1 Å². The van der Waals surface area contributed by atoms with Crippen molar-refractivity contribution in [3.8, 4) is 5.75 Å². The molecule has 1 aliphatic heterocycles. The van der Waals surface area contributed by atoms with E-state index in [1.165, 1.54) is 18.4 Å². The molecular formula is C12H18ClNO. The Balaban J connectivity index is 0.00000112. The Hall–Kier alpha value is -0.730. The van der Waals surface area contributed by atoms with Crippen LogP contribution in [0.1, 0.15) is 24.3 Å². The third-order valence-electron chi connectivity index (χ3n) is 2.88. The largest absolute Gasteiger partial charge is 0.496 e. The van der Waals surface area contributed by atoms with Gasteiger partial charge in [-0.05, 0) is 31.0 Å². The average Bonchev–Trinajstić information content (AvgIpc) is 2.30. The van der Waals surface area contributed by atoms with Gasteiger partial charge in [0, 0.05) is 12.5 Å². The van der Waals surface area contributed by atoms with Gasteiger partial charge in [-0.15, -0.1) is 12.4 Å². The van der Waals surface area contributed by atoms with Gasteiger partial charge in [-0.2, -0.15) is 0 Å². The Labute approximate surface area is 97.4 Å². The summed E-state index contributed by atoms with van der Waals surface area (Å²) in [5.74, 6) is 1.65. The summed E-state index contributed by atoms with van der Waals surface area (Å²) in [4.78, 5) is 0. The number of halogens is 1. The first-order valence-electron chi connectivity index (χ1n) is 5.25. The number of rotatable bonds is 2. The molecule has 1 aliphatic rings. The Kier molecular flexibility index (Phi) is 4.92. The maximum Gasteiger partial charge on any atom is 0.122 e. The topological polar surface area (TPSA) is 21.3 Å². The molecule has 2 rings (SSSR count). The van der Waals surface area contributed by atoms with Crippen molar-refractivity contribution in [3.05, 3.63) is 29.8 Å². The van der Waals surface area contributed by atoms with Crippen LogP contribution in [0.15, 0.2) is 24.3 Å². The van der Waals surface area contributed by atoms with Gasteiger partial charge in [0.15, 0.2) is 0 Å². The van der Waals surface area contributed by atoms with Crippen molar-refractivity contribution in [1.82, 2.24) is 5.32 Å². The number of piperidine rings is 1. The van der Waals surface area contributed by atoms with Crippen LogP contribution in [0.4, 0.5) is 0 Å². The lowest BCUT2D eigenvalue weighted by Crippen LogP contribution is -2.28. The van der Waals surface area contributed by atoms with E-state index in [2.05, 4.69) is 17.4 Å². The Morgan fingerprint density at radius 2 is 2.13 bits per heavy atom. The minimum Gasteiger partial charge on any atom is -0.496 e. The Bertz CT molecular complexity index is 297. The summed E-state index contributed by atoms with van der Waals surface area (Å²) in [7, 11) is 1.75. The van der Waals surface area contributed by atoms with E-state index in [-0.39, 0.29) is 12.4 Å². The summed E-state index contributed by atoms with van der Waals surface area (Å²) < 4.78 is 5.37. The predicted molar refractivity (Wildman–Crippen MR) is 65.1 cm³/mol. The number of nitrogens with one attached hydrogen (secondary N) is 1. The molecule has 0 bridgehead atoms. The van der Waals surface area contributed by atoms with Crippen molar-refractivity contribution in [3.63, 3.8) is 0 Å². The van der Waals surface area contributed by atoms with Crippen LogP contribution in [0.25, 0.3) is 0 Å². The molecule has 1 heterocycles. The second-order valence-corrected chi connectivity index (χ2v) is 3.79. The molecule has 0 aromatic heterocycles. The van der Waals surface area contributed by atoms with Gasteiger partial charge in [0.2, 0.25) is 0 Å². The maximum atomic E-state index is 5.37. The summed E-state index contributed by atoms with van der Waals surface area (Å²) in [6.45, 7) is 2.24. The first-order chi connectivity index (χ1) is 6.92. The minimum absolute atomic E-state index is 0. The van der Waals surface area contributed by atoms with E-state index in [0.717, 1.165) is 18.8 Å². The van der Waals surface area contributed by atoms with E-state index in [9.17, 15) is 0 Å². The number of hydrogen-bond acceptors (Lipinski definition) is 2. The molecule has 15 heavy (non-hydrogen) atoms. The molecule has 1 saturated heterocycles. The fraction of sp³-hybridized carbons (Fsp3) is 0.500. The molecule has 0 saturated carbocycles. The van der Waals surface area contributed by atoms with Gasteiger partial charge in [0.05, 0.1) is 7.11 Å². The van der Waals surface area contributed by atoms with Gasteiger partial charge in [-0.1, -0.05) is 18.2 Å². The van der Waals surface area contributed by atoms with Crippen molar-refractivity contribution < 1.29 is 4.74 Å². The third kappa shape index (κ3) is 2.86. The highest BCUT2D eigenvalue weighted by molar-refractivity contribution is 5.85. The van der Waals surface area contributed by atoms with Crippen molar-refractivity contribution in [2.24, 2.45) is 0 Å². The molecule has 2 nitrogen and oxygen atoms in total. The summed E-state index contributed by atoms with van der Waals surface area (Å²) in [5, 5.41) is 3.43. The molecule has 1 N–H and O–H groups in total. The van der Waals surface area contributed by atoms with Gasteiger partial charge >= 0.3 is 0 Å². The molecule has 84 valence electrons. The van der Waals surface area contributed by atoms with Crippen molar-refractivity contribution >= 4 is 12.4 Å². The van der Waals surface area contributed by atoms with Crippen molar-refractivity contribution in [2.45, 2.75) is 18.8 Å². The molecule has 0 spiro atoms. The molecule has 0 radical (unpaired) electrons. The van der Waals surface area contributed by atoms with Gasteiger partial charge < -0.3 is 10.1 Å². The summed E-state index contributed by atoms with van der Waals surface area (Å²) in [5.41, 5.74) is 1.35. The maximum absolute atomic E-state index is 5.37. The van der Waals surface area contributed by atoms with Crippen LogP contribution in [0, 0.1) is 0 Å². The molecule has 1 fully saturated rings. The minimum atomic E-state index is 0. The van der Waals surface area contributed by atoms with Crippen molar-refractivity contribution in [1.29, 1.82) is 0 Å². The third-order valence-corrected chi connectivity index (χ3v) is 2.88. The lowest BCUT2D eigenvalue weighted by Gasteiger charge is -2.24. The van der Waals surface area contributed by atoms with Gasteiger partial charge in [0.25, 0.3) is 0 Å². The number of methoxy groups -OCH3 is 1. The van der Waals surface area contributed by atoms with Gasteiger partial charge in [-0.3, -0.25) is 0 Å². The van der Waals surface area contributed by atoms with E-state index in [1.54, 1.807) is 7.11 Å². The summed E-state index contributed by atoms with van der Waals surface area (Å²) in [6, 6.07) is 8.34. The molecule has 1 aromatic carbocycles. The highest BCUT2D eigenvalue weighted by Gasteiger charge is 2.17. The molecular weight excluding hydrogens is 210 g/mol. The first kappa shape index (κ1) is 12.3. The highest BCUT2D eigenvalue weighted by atomic mass is 35.5. The standard InChI is InChI=1S/C12H17NO.ClH/c1-14-12-7-3-2-6-11(12)10-5-4-8-13-9-10;/h2-3,6-7,10,13H,4-5,8-9H2,1H3;1H. The smallest absolute Gasteiger partial charge is 0.122 e. The molecule has 1 atom stereocenters. The lowest BCUT2D eigenvalue weighted by atomic mass is 9.91. The SMILES string of the molecule is COc1ccccc1C1CCCNC1.Cl. The van der Waals surface area contributed by atoms with Gasteiger partial charge in [0.1, 0.15) is 5.75 Å². The van der Waals surface area contributed by atoms with Crippen LogP contribution in [0.2, 0.25) is 0 Å². The molecule has 0 amide bonds. The molecule has 0 aliphatic carbocycles. The number of hydrogen-bond donors (Lipinski definition) is 1. The van der Waals surface area contributed by atoms with Crippen molar-refractivity contribution in [2.75, 3.05) is 20.2 Å². The Morgan fingerprint density at radius 3 is 2.80 bits per heavy atom. The summed E-state index contributed by atoms with van der Waals surface area (Å²) in [6.07, 6.45) is 2.54. The van der Waals surface area contributed by atoms with E-state index < -0.39 is 0 Å². The molecule has 1 aromatic rings. The number of para-hydroxylation sites is 1. The second-order valence-electron chi connectivity index (χ2n) is 3.79. The highest BCUT2D eigenvalue weighted by Crippen LogP contribution is 2.30. The van der Waals surface area contributed by atoms with Crippen LogP contribution in [-0.4, -0.2) is 20.2 Å². The van der Waals surface area contributed by atoms with Crippen LogP contribution in [0.3, 0.4) is 0 Å². The normalized spacial score (nSPS) is 20.5. The lowest BCUT2D eigenvalue weighted by molar-refractivity contribution is 0.392. The average molecular weight is 228 g/mol. The van der Waals surface area contributed by atoms with E-state index >= 15 is 0 Å². The molecule has 1 unspecified atom stereocenters. The number of ether oxygens (including phenoxy) is 1.